The molecule has 0 spiro atoms. The van der Waals surface area contributed by atoms with E-state index < -0.39 is 0 Å². The zero-order chi connectivity index (χ0) is 10.3. The first kappa shape index (κ1) is 8.48. The van der Waals surface area contributed by atoms with Gasteiger partial charge in [0.25, 0.3) is 0 Å². The molecule has 1 aliphatic rings. The number of benzene rings is 2. The molecule has 0 aliphatic carbocycles. The van der Waals surface area contributed by atoms with Gasteiger partial charge in [0.2, 0.25) is 0 Å². The summed E-state index contributed by atoms with van der Waals surface area (Å²) < 4.78 is 5.07. The number of hydrogen-bond acceptors (Lipinski definition) is 2. The third-order valence-corrected chi connectivity index (χ3v) is 2.85. The van der Waals surface area contributed by atoms with Gasteiger partial charge in [-0.1, -0.05) is 36.4 Å². The molecule has 15 heavy (non-hydrogen) atoms. The molecular weight excluding hydrogens is 188 g/mol. The van der Waals surface area contributed by atoms with Crippen molar-refractivity contribution >= 4 is 16.7 Å². The fourth-order valence-corrected chi connectivity index (χ4v) is 2.08. The van der Waals surface area contributed by atoms with Crippen molar-refractivity contribution in [2.75, 3.05) is 0 Å². The molecule has 2 heteroatoms. The number of esters is 1. The highest BCUT2D eigenvalue weighted by Gasteiger charge is 2.17. The Kier molecular flexibility index (Phi) is 1.75. The largest absolute Gasteiger partial charge is 0.461 e. The maximum absolute atomic E-state index is 11.1. The van der Waals surface area contributed by atoms with Gasteiger partial charge < -0.3 is 4.74 Å². The molecule has 2 aromatic rings. The monoisotopic (exact) mass is 198 g/mol. The zero-order valence-electron chi connectivity index (χ0n) is 8.19. The molecule has 1 aliphatic heterocycles. The summed E-state index contributed by atoms with van der Waals surface area (Å²) in [5.74, 6) is -0.127. The second-order valence-corrected chi connectivity index (χ2v) is 3.76. The standard InChI is InChI=1S/C13H10O2/c14-13-7-10-6-5-9-3-1-2-4-11(9)12(10)8-15-13/h1-6H,7-8H2. The van der Waals surface area contributed by atoms with E-state index in [2.05, 4.69) is 18.2 Å². The third kappa shape index (κ3) is 1.30. The van der Waals surface area contributed by atoms with Crippen LogP contribution in [0.5, 0.6) is 0 Å². The van der Waals surface area contributed by atoms with Gasteiger partial charge in [-0.05, 0) is 16.3 Å². The summed E-state index contributed by atoms with van der Waals surface area (Å²) in [6.07, 6.45) is 0.403. The Balaban J connectivity index is 2.30. The van der Waals surface area contributed by atoms with Crippen molar-refractivity contribution in [3.8, 4) is 0 Å². The van der Waals surface area contributed by atoms with Crippen molar-refractivity contribution in [3.63, 3.8) is 0 Å². The first-order valence-corrected chi connectivity index (χ1v) is 5.00. The molecule has 0 unspecified atom stereocenters. The average molecular weight is 198 g/mol. The first-order valence-electron chi connectivity index (χ1n) is 5.00. The molecule has 1 heterocycles. The molecule has 0 saturated heterocycles. The molecule has 3 rings (SSSR count). The van der Waals surface area contributed by atoms with Crippen LogP contribution in [0.2, 0.25) is 0 Å². The summed E-state index contributed by atoms with van der Waals surface area (Å²) in [4.78, 5) is 11.1. The minimum Gasteiger partial charge on any atom is -0.461 e. The molecule has 0 bridgehead atoms. The van der Waals surface area contributed by atoms with Crippen LogP contribution < -0.4 is 0 Å². The number of cyclic esters (lactones) is 1. The van der Waals surface area contributed by atoms with Crippen LogP contribution >= 0.6 is 0 Å². The predicted octanol–water partition coefficient (Wildman–Crippen LogP) is 2.44. The molecular formula is C13H10O2. The lowest BCUT2D eigenvalue weighted by Crippen LogP contribution is -2.16. The number of carbonyl (C=O) groups excluding carboxylic acids is 1. The van der Waals surface area contributed by atoms with Crippen LogP contribution in [-0.2, 0) is 22.6 Å². The van der Waals surface area contributed by atoms with Gasteiger partial charge in [-0.3, -0.25) is 4.79 Å². The quantitative estimate of drug-likeness (QED) is 0.608. The van der Waals surface area contributed by atoms with Crippen molar-refractivity contribution in [1.29, 1.82) is 0 Å². The molecule has 0 N–H and O–H groups in total. The van der Waals surface area contributed by atoms with Gasteiger partial charge in [0.1, 0.15) is 6.61 Å². The van der Waals surface area contributed by atoms with Gasteiger partial charge in [0, 0.05) is 5.56 Å². The Bertz CT molecular complexity index is 543. The predicted molar refractivity (Wildman–Crippen MR) is 57.4 cm³/mol. The number of carbonyl (C=O) groups is 1. The van der Waals surface area contributed by atoms with E-state index in [0.29, 0.717) is 13.0 Å². The molecule has 0 amide bonds. The Hall–Kier alpha value is -1.83. The molecule has 0 radical (unpaired) electrons. The number of ether oxygens (including phenoxy) is 1. The number of hydrogen-bond donors (Lipinski definition) is 0. The van der Waals surface area contributed by atoms with Crippen LogP contribution in [0.15, 0.2) is 36.4 Å². The SMILES string of the molecule is O=C1Cc2ccc3ccccc3c2CO1. The van der Waals surface area contributed by atoms with Crippen LogP contribution in [0, 0.1) is 0 Å². The third-order valence-electron chi connectivity index (χ3n) is 2.85. The topological polar surface area (TPSA) is 26.3 Å². The van der Waals surface area contributed by atoms with E-state index in [-0.39, 0.29) is 5.97 Å². The van der Waals surface area contributed by atoms with Gasteiger partial charge in [0.05, 0.1) is 6.42 Å². The second-order valence-electron chi connectivity index (χ2n) is 3.76. The lowest BCUT2D eigenvalue weighted by molar-refractivity contribution is -0.145. The highest BCUT2D eigenvalue weighted by Crippen LogP contribution is 2.26. The summed E-state index contributed by atoms with van der Waals surface area (Å²) in [6.45, 7) is 0.412. The van der Waals surface area contributed by atoms with E-state index in [9.17, 15) is 4.79 Å². The van der Waals surface area contributed by atoms with Crippen LogP contribution in [0.3, 0.4) is 0 Å². The van der Waals surface area contributed by atoms with E-state index in [0.717, 1.165) is 11.1 Å². The lowest BCUT2D eigenvalue weighted by Gasteiger charge is -2.17. The summed E-state index contributed by atoms with van der Waals surface area (Å²) in [6, 6.07) is 12.3. The summed E-state index contributed by atoms with van der Waals surface area (Å²) in [7, 11) is 0. The molecule has 74 valence electrons. The Labute approximate surface area is 87.5 Å². The van der Waals surface area contributed by atoms with Gasteiger partial charge in [-0.2, -0.15) is 0 Å². The van der Waals surface area contributed by atoms with Crippen LogP contribution in [0.25, 0.3) is 10.8 Å². The highest BCUT2D eigenvalue weighted by molar-refractivity contribution is 5.89. The van der Waals surface area contributed by atoms with E-state index in [1.807, 2.05) is 18.2 Å². The van der Waals surface area contributed by atoms with Crippen molar-refractivity contribution in [3.05, 3.63) is 47.5 Å². The average Bonchev–Trinajstić information content (AvgIpc) is 2.28. The number of fused-ring (bicyclic) bond motifs is 3. The summed E-state index contributed by atoms with van der Waals surface area (Å²) >= 11 is 0. The highest BCUT2D eigenvalue weighted by atomic mass is 16.5. The minimum absolute atomic E-state index is 0.127. The minimum atomic E-state index is -0.127. The van der Waals surface area contributed by atoms with Gasteiger partial charge in [-0.15, -0.1) is 0 Å². The van der Waals surface area contributed by atoms with Crippen molar-refractivity contribution in [1.82, 2.24) is 0 Å². The van der Waals surface area contributed by atoms with Gasteiger partial charge in [0.15, 0.2) is 0 Å². The summed E-state index contributed by atoms with van der Waals surface area (Å²) in [5.41, 5.74) is 2.26. The van der Waals surface area contributed by atoms with Crippen LogP contribution in [0.4, 0.5) is 0 Å². The molecule has 2 aromatic carbocycles. The van der Waals surface area contributed by atoms with E-state index >= 15 is 0 Å². The van der Waals surface area contributed by atoms with Gasteiger partial charge >= 0.3 is 5.97 Å². The van der Waals surface area contributed by atoms with Crippen LogP contribution in [-0.4, -0.2) is 5.97 Å². The lowest BCUT2D eigenvalue weighted by atomic mass is 9.96. The zero-order valence-corrected chi connectivity index (χ0v) is 8.19. The van der Waals surface area contributed by atoms with E-state index in [1.165, 1.54) is 10.8 Å². The Morgan fingerprint density at radius 1 is 1.07 bits per heavy atom. The van der Waals surface area contributed by atoms with E-state index in [1.54, 1.807) is 0 Å². The fraction of sp³-hybridized carbons (Fsp3) is 0.154. The fourth-order valence-electron chi connectivity index (χ4n) is 2.08. The first-order chi connectivity index (χ1) is 7.34. The smallest absolute Gasteiger partial charge is 0.310 e. The Morgan fingerprint density at radius 3 is 2.87 bits per heavy atom. The molecule has 0 aromatic heterocycles. The van der Waals surface area contributed by atoms with Crippen molar-refractivity contribution < 1.29 is 9.53 Å². The molecule has 0 fully saturated rings. The maximum atomic E-state index is 11.1. The van der Waals surface area contributed by atoms with Crippen molar-refractivity contribution in [2.24, 2.45) is 0 Å². The second kappa shape index (κ2) is 3.09. The molecule has 2 nitrogen and oxygen atoms in total. The van der Waals surface area contributed by atoms with Gasteiger partial charge in [-0.25, -0.2) is 0 Å². The normalized spacial score (nSPS) is 14.8. The van der Waals surface area contributed by atoms with Crippen LogP contribution in [0.1, 0.15) is 11.1 Å². The van der Waals surface area contributed by atoms with Crippen molar-refractivity contribution in [2.45, 2.75) is 13.0 Å². The maximum Gasteiger partial charge on any atom is 0.310 e. The van der Waals surface area contributed by atoms with E-state index in [4.69, 9.17) is 4.74 Å². The molecule has 0 saturated carbocycles. The summed E-state index contributed by atoms with van der Waals surface area (Å²) in [5, 5.41) is 2.40. The molecule has 0 atom stereocenters. The number of rotatable bonds is 0. The Morgan fingerprint density at radius 2 is 1.93 bits per heavy atom.